The molecule has 2 N–H and O–H groups in total. The molecule has 0 heterocycles. The van der Waals surface area contributed by atoms with Crippen LogP contribution in [0.2, 0.25) is 0 Å². The molecule has 1 amide bonds. The summed E-state index contributed by atoms with van der Waals surface area (Å²) < 4.78 is 0. The van der Waals surface area contributed by atoms with Crippen LogP contribution in [0, 0.1) is 11.3 Å². The van der Waals surface area contributed by atoms with Crippen LogP contribution in [-0.4, -0.2) is 11.0 Å². The highest BCUT2D eigenvalue weighted by molar-refractivity contribution is 6.08. The second kappa shape index (κ2) is 5.58. The Bertz CT molecular complexity index is 893. The van der Waals surface area contributed by atoms with E-state index in [4.69, 9.17) is 5.26 Å². The van der Waals surface area contributed by atoms with Crippen molar-refractivity contribution >= 4 is 22.4 Å². The summed E-state index contributed by atoms with van der Waals surface area (Å²) >= 11 is 0. The fourth-order valence-corrected chi connectivity index (χ4v) is 2.24. The van der Waals surface area contributed by atoms with Crippen LogP contribution < -0.4 is 5.32 Å². The molecule has 0 radical (unpaired) electrons. The molecule has 3 aromatic rings. The van der Waals surface area contributed by atoms with Gasteiger partial charge >= 0.3 is 0 Å². The molecule has 0 aliphatic carbocycles. The fraction of sp³-hybridized carbons (Fsp3) is 0. The van der Waals surface area contributed by atoms with Crippen molar-refractivity contribution in [1.82, 2.24) is 0 Å². The Labute approximate surface area is 127 Å². The second-order valence-corrected chi connectivity index (χ2v) is 4.86. The van der Waals surface area contributed by atoms with Gasteiger partial charge in [0.15, 0.2) is 0 Å². The average molecular weight is 288 g/mol. The Hall–Kier alpha value is -3.32. The molecule has 0 bridgehead atoms. The topological polar surface area (TPSA) is 73.1 Å². The summed E-state index contributed by atoms with van der Waals surface area (Å²) in [5.41, 5.74) is 1.30. The van der Waals surface area contributed by atoms with Gasteiger partial charge in [0, 0.05) is 5.69 Å². The first-order chi connectivity index (χ1) is 10.7. The lowest BCUT2D eigenvalue weighted by Crippen LogP contribution is -2.12. The number of nitrogens with zero attached hydrogens (tertiary/aromatic N) is 1. The van der Waals surface area contributed by atoms with Crippen LogP contribution in [0.25, 0.3) is 10.8 Å². The molecule has 0 aromatic heterocycles. The van der Waals surface area contributed by atoms with Gasteiger partial charge in [-0.1, -0.05) is 24.3 Å². The smallest absolute Gasteiger partial charge is 0.259 e. The lowest BCUT2D eigenvalue weighted by molar-refractivity contribution is 0.102. The molecule has 0 aliphatic rings. The predicted molar refractivity (Wildman–Crippen MR) is 84.7 cm³/mol. The molecule has 3 rings (SSSR count). The minimum atomic E-state index is -0.395. The minimum Gasteiger partial charge on any atom is -0.507 e. The van der Waals surface area contributed by atoms with Crippen molar-refractivity contribution < 1.29 is 9.90 Å². The van der Waals surface area contributed by atoms with E-state index < -0.39 is 5.91 Å². The van der Waals surface area contributed by atoms with E-state index in [1.165, 1.54) is 0 Å². The number of carbonyl (C=O) groups is 1. The maximum atomic E-state index is 12.3. The van der Waals surface area contributed by atoms with Gasteiger partial charge in [-0.05, 0) is 47.2 Å². The average Bonchev–Trinajstić information content (AvgIpc) is 2.54. The number of phenols is 1. The monoisotopic (exact) mass is 288 g/mol. The normalized spacial score (nSPS) is 10.1. The maximum absolute atomic E-state index is 12.3. The number of fused-ring (bicyclic) bond motifs is 1. The Balaban J connectivity index is 1.91. The largest absolute Gasteiger partial charge is 0.507 e. The number of hydrogen-bond donors (Lipinski definition) is 2. The van der Waals surface area contributed by atoms with Gasteiger partial charge in [0.25, 0.3) is 5.91 Å². The summed E-state index contributed by atoms with van der Waals surface area (Å²) in [7, 11) is 0. The first-order valence-electron chi connectivity index (χ1n) is 6.70. The molecule has 106 valence electrons. The van der Waals surface area contributed by atoms with Crippen LogP contribution in [0.5, 0.6) is 5.75 Å². The van der Waals surface area contributed by atoms with Crippen molar-refractivity contribution in [3.63, 3.8) is 0 Å². The van der Waals surface area contributed by atoms with Crippen molar-refractivity contribution in [2.45, 2.75) is 0 Å². The number of nitriles is 1. The molecule has 4 nitrogen and oxygen atoms in total. The van der Waals surface area contributed by atoms with E-state index in [1.54, 1.807) is 36.4 Å². The minimum absolute atomic E-state index is 0.0650. The zero-order valence-corrected chi connectivity index (χ0v) is 11.6. The maximum Gasteiger partial charge on any atom is 0.259 e. The van der Waals surface area contributed by atoms with Crippen molar-refractivity contribution in [3.8, 4) is 11.8 Å². The van der Waals surface area contributed by atoms with Crippen molar-refractivity contribution in [1.29, 1.82) is 5.26 Å². The Morgan fingerprint density at radius 1 is 1.00 bits per heavy atom. The molecule has 0 saturated carbocycles. The fourth-order valence-electron chi connectivity index (χ4n) is 2.24. The first kappa shape index (κ1) is 13.7. The van der Waals surface area contributed by atoms with E-state index in [0.29, 0.717) is 11.3 Å². The Kier molecular flexibility index (Phi) is 3.47. The van der Waals surface area contributed by atoms with E-state index in [9.17, 15) is 9.90 Å². The van der Waals surface area contributed by atoms with Crippen LogP contribution in [0.1, 0.15) is 15.9 Å². The summed E-state index contributed by atoms with van der Waals surface area (Å²) in [5, 5.41) is 23.2. The highest BCUT2D eigenvalue weighted by atomic mass is 16.3. The van der Waals surface area contributed by atoms with E-state index >= 15 is 0 Å². The van der Waals surface area contributed by atoms with Crippen LogP contribution in [0.15, 0.2) is 60.7 Å². The second-order valence-electron chi connectivity index (χ2n) is 4.86. The molecule has 0 unspecified atom stereocenters. The quantitative estimate of drug-likeness (QED) is 0.755. The zero-order chi connectivity index (χ0) is 15.5. The van der Waals surface area contributed by atoms with Crippen molar-refractivity contribution in [2.24, 2.45) is 0 Å². The third-order valence-electron chi connectivity index (χ3n) is 3.38. The number of hydrogen-bond acceptors (Lipinski definition) is 3. The van der Waals surface area contributed by atoms with Crippen molar-refractivity contribution in [2.75, 3.05) is 5.32 Å². The third-order valence-corrected chi connectivity index (χ3v) is 3.38. The van der Waals surface area contributed by atoms with Gasteiger partial charge in [-0.3, -0.25) is 4.79 Å². The highest BCUT2D eigenvalue weighted by Crippen LogP contribution is 2.25. The number of rotatable bonds is 2. The first-order valence-corrected chi connectivity index (χ1v) is 6.70. The molecular formula is C18H12N2O2. The summed E-state index contributed by atoms with van der Waals surface area (Å²) in [4.78, 5) is 12.3. The van der Waals surface area contributed by atoms with Gasteiger partial charge in [-0.25, -0.2) is 0 Å². The third kappa shape index (κ3) is 2.60. The molecule has 0 saturated heterocycles. The Morgan fingerprint density at radius 2 is 1.64 bits per heavy atom. The molecule has 0 spiro atoms. The molecule has 0 aliphatic heterocycles. The van der Waals surface area contributed by atoms with Gasteiger partial charge in [0.2, 0.25) is 0 Å². The van der Waals surface area contributed by atoms with E-state index in [0.717, 1.165) is 10.8 Å². The van der Waals surface area contributed by atoms with Crippen LogP contribution >= 0.6 is 0 Å². The van der Waals surface area contributed by atoms with Gasteiger partial charge in [-0.15, -0.1) is 0 Å². The summed E-state index contributed by atoms with van der Waals surface area (Å²) in [5.74, 6) is -0.460. The Morgan fingerprint density at radius 3 is 2.27 bits per heavy atom. The van der Waals surface area contributed by atoms with Crippen molar-refractivity contribution in [3.05, 3.63) is 71.8 Å². The number of aromatic hydroxyl groups is 1. The van der Waals surface area contributed by atoms with Crippen LogP contribution in [-0.2, 0) is 0 Å². The van der Waals surface area contributed by atoms with Crippen LogP contribution in [0.3, 0.4) is 0 Å². The lowest BCUT2D eigenvalue weighted by Gasteiger charge is -2.08. The lowest BCUT2D eigenvalue weighted by atomic mass is 10.1. The number of nitrogens with one attached hydrogen (secondary N) is 1. The van der Waals surface area contributed by atoms with Gasteiger partial charge in [-0.2, -0.15) is 5.26 Å². The number of carbonyl (C=O) groups excluding carboxylic acids is 1. The highest BCUT2D eigenvalue weighted by Gasteiger charge is 2.12. The zero-order valence-electron chi connectivity index (χ0n) is 11.6. The molecular weight excluding hydrogens is 276 g/mol. The predicted octanol–water partition coefficient (Wildman–Crippen LogP) is 3.67. The van der Waals surface area contributed by atoms with Gasteiger partial charge in [0.05, 0.1) is 17.2 Å². The molecule has 4 heteroatoms. The standard InChI is InChI=1S/C18H12N2O2/c19-11-12-5-7-15(8-6-12)20-18(22)16-9-13-3-1-2-4-14(13)10-17(16)21/h1-10,21H,(H,20,22). The number of phenolic OH excluding ortho intramolecular Hbond substituents is 1. The van der Waals surface area contributed by atoms with E-state index in [2.05, 4.69) is 5.32 Å². The summed E-state index contributed by atoms with van der Waals surface area (Å²) in [6.07, 6.45) is 0. The van der Waals surface area contributed by atoms with Gasteiger partial charge in [0.1, 0.15) is 5.75 Å². The summed E-state index contributed by atoms with van der Waals surface area (Å²) in [6.45, 7) is 0. The molecule has 3 aromatic carbocycles. The SMILES string of the molecule is N#Cc1ccc(NC(=O)c2cc3ccccc3cc2O)cc1. The number of anilines is 1. The molecule has 0 atom stereocenters. The van der Waals surface area contributed by atoms with Gasteiger partial charge < -0.3 is 10.4 Å². The van der Waals surface area contributed by atoms with E-state index in [-0.39, 0.29) is 11.3 Å². The molecule has 0 fully saturated rings. The summed E-state index contributed by atoms with van der Waals surface area (Å²) in [6, 6.07) is 19.3. The van der Waals surface area contributed by atoms with Crippen LogP contribution in [0.4, 0.5) is 5.69 Å². The number of benzene rings is 3. The number of amides is 1. The van der Waals surface area contributed by atoms with E-state index in [1.807, 2.05) is 30.3 Å². The molecule has 22 heavy (non-hydrogen) atoms.